The number of fused-ring (bicyclic) bond motifs is 1. The third-order valence-electron chi connectivity index (χ3n) is 3.23. The molecule has 1 aliphatic heterocycles. The maximum atomic E-state index is 12.3. The van der Waals surface area contributed by atoms with Crippen LogP contribution >= 0.6 is 0 Å². The smallest absolute Gasteiger partial charge is 0.254 e. The molecule has 0 bridgehead atoms. The summed E-state index contributed by atoms with van der Waals surface area (Å²) in [6, 6.07) is 3.51. The molecule has 0 spiro atoms. The molecule has 18 heavy (non-hydrogen) atoms. The first-order valence-corrected chi connectivity index (χ1v) is 6.15. The third kappa shape index (κ3) is 1.88. The normalized spacial score (nSPS) is 17.9. The first-order valence-electron chi connectivity index (χ1n) is 6.15. The van der Waals surface area contributed by atoms with Crippen LogP contribution in [0, 0.1) is 13.8 Å². The number of benzene rings is 1. The van der Waals surface area contributed by atoms with E-state index in [9.17, 15) is 9.59 Å². The molecule has 1 aromatic carbocycles. The molecule has 1 atom stereocenters. The van der Waals surface area contributed by atoms with E-state index in [1.807, 2.05) is 26.8 Å². The summed E-state index contributed by atoms with van der Waals surface area (Å²) in [5.41, 5.74) is 4.04. The number of rotatable bonds is 2. The number of hydrogen-bond donors (Lipinski definition) is 1. The standard InChI is InChI=1S/C14H18N2O2/c1-5-16-13-9(3)6-8(2)7-11(13)12(14(16)18)15-10(4)17/h6-7,12H,5H2,1-4H3,(H,15,17)/t12-/m0/s1. The van der Waals surface area contributed by atoms with Crippen molar-refractivity contribution in [1.82, 2.24) is 5.32 Å². The lowest BCUT2D eigenvalue weighted by atomic mass is 10.0. The average molecular weight is 246 g/mol. The Morgan fingerprint density at radius 2 is 2.06 bits per heavy atom. The molecule has 0 aromatic heterocycles. The van der Waals surface area contributed by atoms with Gasteiger partial charge >= 0.3 is 0 Å². The van der Waals surface area contributed by atoms with Gasteiger partial charge in [-0.3, -0.25) is 9.59 Å². The van der Waals surface area contributed by atoms with Crippen LogP contribution in [-0.2, 0) is 9.59 Å². The zero-order valence-electron chi connectivity index (χ0n) is 11.2. The average Bonchev–Trinajstić information content (AvgIpc) is 2.52. The van der Waals surface area contributed by atoms with E-state index >= 15 is 0 Å². The van der Waals surface area contributed by atoms with Crippen molar-refractivity contribution in [2.24, 2.45) is 0 Å². The Balaban J connectivity index is 2.56. The fourth-order valence-corrected chi connectivity index (χ4v) is 2.64. The van der Waals surface area contributed by atoms with Crippen LogP contribution in [0.2, 0.25) is 0 Å². The minimum atomic E-state index is -0.531. The summed E-state index contributed by atoms with van der Waals surface area (Å²) < 4.78 is 0. The Hall–Kier alpha value is -1.84. The Morgan fingerprint density at radius 1 is 1.39 bits per heavy atom. The number of hydrogen-bond acceptors (Lipinski definition) is 2. The van der Waals surface area contributed by atoms with E-state index in [0.717, 1.165) is 22.4 Å². The highest BCUT2D eigenvalue weighted by molar-refractivity contribution is 6.06. The molecule has 0 unspecified atom stereocenters. The van der Waals surface area contributed by atoms with E-state index in [0.29, 0.717) is 6.54 Å². The van der Waals surface area contributed by atoms with E-state index in [-0.39, 0.29) is 11.8 Å². The van der Waals surface area contributed by atoms with Gasteiger partial charge in [0.15, 0.2) is 0 Å². The van der Waals surface area contributed by atoms with Crippen LogP contribution in [0.5, 0.6) is 0 Å². The summed E-state index contributed by atoms with van der Waals surface area (Å²) in [4.78, 5) is 25.3. The molecule has 0 radical (unpaired) electrons. The third-order valence-corrected chi connectivity index (χ3v) is 3.23. The molecule has 0 saturated carbocycles. The maximum Gasteiger partial charge on any atom is 0.254 e. The van der Waals surface area contributed by atoms with Gasteiger partial charge in [0.1, 0.15) is 6.04 Å². The van der Waals surface area contributed by atoms with Crippen molar-refractivity contribution in [3.05, 3.63) is 28.8 Å². The van der Waals surface area contributed by atoms with Crippen molar-refractivity contribution in [3.8, 4) is 0 Å². The zero-order valence-corrected chi connectivity index (χ0v) is 11.2. The van der Waals surface area contributed by atoms with Crippen molar-refractivity contribution >= 4 is 17.5 Å². The van der Waals surface area contributed by atoms with E-state index in [2.05, 4.69) is 11.4 Å². The van der Waals surface area contributed by atoms with Gasteiger partial charge < -0.3 is 10.2 Å². The summed E-state index contributed by atoms with van der Waals surface area (Å²) in [6.45, 7) is 7.99. The molecular formula is C14H18N2O2. The molecule has 1 aliphatic rings. The highest BCUT2D eigenvalue weighted by Crippen LogP contribution is 2.38. The Kier molecular flexibility index (Phi) is 3.11. The van der Waals surface area contributed by atoms with E-state index < -0.39 is 6.04 Å². The number of nitrogens with zero attached hydrogens (tertiary/aromatic N) is 1. The molecule has 0 aliphatic carbocycles. The van der Waals surface area contributed by atoms with Gasteiger partial charge in [0, 0.05) is 19.0 Å². The monoisotopic (exact) mass is 246 g/mol. The molecule has 2 rings (SSSR count). The highest BCUT2D eigenvalue weighted by Gasteiger charge is 2.38. The number of likely N-dealkylation sites (N-methyl/N-ethyl adjacent to an activating group) is 1. The van der Waals surface area contributed by atoms with Crippen LogP contribution in [0.1, 0.15) is 36.6 Å². The topological polar surface area (TPSA) is 49.4 Å². The van der Waals surface area contributed by atoms with Gasteiger partial charge in [-0.1, -0.05) is 17.7 Å². The lowest BCUT2D eigenvalue weighted by Crippen LogP contribution is -2.36. The molecule has 0 fully saturated rings. The summed E-state index contributed by atoms with van der Waals surface area (Å²) in [5, 5.41) is 2.74. The predicted octanol–water partition coefficient (Wildman–Crippen LogP) is 1.85. The van der Waals surface area contributed by atoms with Crippen LogP contribution in [0.15, 0.2) is 12.1 Å². The van der Waals surface area contributed by atoms with Gasteiger partial charge in [0.05, 0.1) is 5.69 Å². The quantitative estimate of drug-likeness (QED) is 0.865. The summed E-state index contributed by atoms with van der Waals surface area (Å²) in [5.74, 6) is -0.229. The second-order valence-electron chi connectivity index (χ2n) is 4.74. The van der Waals surface area contributed by atoms with Gasteiger partial charge in [-0.15, -0.1) is 0 Å². The molecule has 2 amide bonds. The van der Waals surface area contributed by atoms with E-state index in [4.69, 9.17) is 0 Å². The zero-order chi connectivity index (χ0) is 13.4. The molecule has 1 N–H and O–H groups in total. The highest BCUT2D eigenvalue weighted by atomic mass is 16.2. The van der Waals surface area contributed by atoms with E-state index in [1.54, 1.807) is 4.90 Å². The number of aryl methyl sites for hydroxylation is 2. The molecule has 96 valence electrons. The Bertz CT molecular complexity index is 523. The van der Waals surface area contributed by atoms with Crippen molar-refractivity contribution in [2.45, 2.75) is 33.7 Å². The van der Waals surface area contributed by atoms with Crippen molar-refractivity contribution in [2.75, 3.05) is 11.4 Å². The molecule has 1 heterocycles. The first kappa shape index (κ1) is 12.6. The minimum absolute atomic E-state index is 0.0450. The Morgan fingerprint density at radius 3 is 2.61 bits per heavy atom. The SMILES string of the molecule is CCN1C(=O)[C@@H](NC(C)=O)c2cc(C)cc(C)c21. The fourth-order valence-electron chi connectivity index (χ4n) is 2.64. The lowest BCUT2D eigenvalue weighted by Gasteiger charge is -2.17. The summed E-state index contributed by atoms with van der Waals surface area (Å²) >= 11 is 0. The number of carbonyl (C=O) groups is 2. The van der Waals surface area contributed by atoms with Crippen molar-refractivity contribution in [1.29, 1.82) is 0 Å². The number of carbonyl (C=O) groups excluding carboxylic acids is 2. The van der Waals surface area contributed by atoms with Gasteiger partial charge in [-0.05, 0) is 26.3 Å². The number of amides is 2. The first-order chi connectivity index (χ1) is 8.45. The fraction of sp³-hybridized carbons (Fsp3) is 0.429. The van der Waals surface area contributed by atoms with Crippen LogP contribution in [0.25, 0.3) is 0 Å². The molecule has 4 heteroatoms. The minimum Gasteiger partial charge on any atom is -0.341 e. The largest absolute Gasteiger partial charge is 0.341 e. The van der Waals surface area contributed by atoms with Crippen LogP contribution in [0.3, 0.4) is 0 Å². The number of nitrogens with one attached hydrogen (secondary N) is 1. The van der Waals surface area contributed by atoms with Gasteiger partial charge in [-0.25, -0.2) is 0 Å². The van der Waals surface area contributed by atoms with Gasteiger partial charge in [0.25, 0.3) is 5.91 Å². The van der Waals surface area contributed by atoms with Gasteiger partial charge in [-0.2, -0.15) is 0 Å². The van der Waals surface area contributed by atoms with Crippen LogP contribution in [0.4, 0.5) is 5.69 Å². The molecule has 0 saturated heterocycles. The number of anilines is 1. The summed E-state index contributed by atoms with van der Waals surface area (Å²) in [6.07, 6.45) is 0. The molecular weight excluding hydrogens is 228 g/mol. The Labute approximate surface area is 107 Å². The second-order valence-corrected chi connectivity index (χ2v) is 4.74. The van der Waals surface area contributed by atoms with Crippen LogP contribution in [-0.4, -0.2) is 18.4 Å². The van der Waals surface area contributed by atoms with Crippen molar-refractivity contribution < 1.29 is 9.59 Å². The lowest BCUT2D eigenvalue weighted by molar-refractivity contribution is -0.126. The van der Waals surface area contributed by atoms with Crippen LogP contribution < -0.4 is 10.2 Å². The predicted molar refractivity (Wildman–Crippen MR) is 70.5 cm³/mol. The van der Waals surface area contributed by atoms with Crippen molar-refractivity contribution in [3.63, 3.8) is 0 Å². The molecule has 1 aromatic rings. The van der Waals surface area contributed by atoms with E-state index in [1.165, 1.54) is 6.92 Å². The molecule has 4 nitrogen and oxygen atoms in total. The maximum absolute atomic E-state index is 12.3. The summed E-state index contributed by atoms with van der Waals surface area (Å²) in [7, 11) is 0. The second kappa shape index (κ2) is 4.44. The van der Waals surface area contributed by atoms with Gasteiger partial charge in [0.2, 0.25) is 5.91 Å².